The second-order valence-corrected chi connectivity index (χ2v) is 9.38. The number of fused-ring (bicyclic) bond motifs is 1. The highest BCUT2D eigenvalue weighted by Crippen LogP contribution is 2.38. The average molecular weight is 428 g/mol. The van der Waals surface area contributed by atoms with Crippen molar-refractivity contribution in [3.63, 3.8) is 0 Å². The zero-order valence-electron chi connectivity index (χ0n) is 17.7. The lowest BCUT2D eigenvalue weighted by atomic mass is 9.78. The lowest BCUT2D eigenvalue weighted by molar-refractivity contribution is -0.0231. The summed E-state index contributed by atoms with van der Waals surface area (Å²) in [5.41, 5.74) is 1.79. The van der Waals surface area contributed by atoms with Gasteiger partial charge in [0.05, 0.1) is 11.7 Å². The highest BCUT2D eigenvalue weighted by atomic mass is 32.2. The Morgan fingerprint density at radius 1 is 1.13 bits per heavy atom. The second-order valence-electron chi connectivity index (χ2n) is 8.61. The molecule has 1 aliphatic carbocycles. The molecule has 6 nitrogen and oxygen atoms in total. The van der Waals surface area contributed by atoms with Crippen LogP contribution >= 0.6 is 11.8 Å². The molecule has 2 aromatic rings. The number of hydrogen-bond acceptors (Lipinski definition) is 6. The SMILES string of the molecule is CSc1ncc(C(=O)N2C[C@H]3C[C@@H](Oc4ccc(C(C)C)cc4)[C@H](O)C[C@H]3C2)cn1. The largest absolute Gasteiger partial charge is 0.488 e. The maximum atomic E-state index is 12.9. The summed E-state index contributed by atoms with van der Waals surface area (Å²) in [5.74, 6) is 1.87. The molecule has 1 aliphatic heterocycles. The summed E-state index contributed by atoms with van der Waals surface area (Å²) in [6, 6.07) is 8.13. The van der Waals surface area contributed by atoms with Gasteiger partial charge in [0.15, 0.2) is 5.16 Å². The molecule has 2 heterocycles. The van der Waals surface area contributed by atoms with Gasteiger partial charge >= 0.3 is 0 Å². The molecular formula is C23H29N3O3S. The van der Waals surface area contributed by atoms with Crippen molar-refractivity contribution in [1.82, 2.24) is 14.9 Å². The molecule has 4 rings (SSSR count). The number of aromatic nitrogens is 2. The summed E-state index contributed by atoms with van der Waals surface area (Å²) in [7, 11) is 0. The number of aliphatic hydroxyl groups excluding tert-OH is 1. The third kappa shape index (κ3) is 4.47. The molecule has 1 aromatic carbocycles. The standard InChI is InChI=1S/C23H29N3O3S/c1-14(2)15-4-6-19(7-5-15)29-21-9-17-13-26(12-16(17)8-20(21)27)22(28)18-10-24-23(30-3)25-11-18/h4-7,10-11,14,16-17,20-21,27H,8-9,12-13H2,1-3H3/t16-,17+,20+,21+/m0/s1. The molecule has 2 fully saturated rings. The molecule has 1 amide bonds. The minimum absolute atomic E-state index is 0.0340. The lowest BCUT2D eigenvalue weighted by Gasteiger charge is -2.35. The van der Waals surface area contributed by atoms with Crippen LogP contribution in [0, 0.1) is 11.8 Å². The monoisotopic (exact) mass is 427 g/mol. The Morgan fingerprint density at radius 2 is 1.77 bits per heavy atom. The number of nitrogens with zero attached hydrogens (tertiary/aromatic N) is 3. The van der Waals surface area contributed by atoms with Gasteiger partial charge in [-0.3, -0.25) is 4.79 Å². The molecule has 1 aromatic heterocycles. The van der Waals surface area contributed by atoms with Crippen molar-refractivity contribution < 1.29 is 14.6 Å². The van der Waals surface area contributed by atoms with Crippen molar-refractivity contribution in [1.29, 1.82) is 0 Å². The highest BCUT2D eigenvalue weighted by Gasteiger charge is 2.44. The zero-order valence-corrected chi connectivity index (χ0v) is 18.5. The first kappa shape index (κ1) is 21.1. The minimum Gasteiger partial charge on any atom is -0.488 e. The third-order valence-corrected chi connectivity index (χ3v) is 6.84. The van der Waals surface area contributed by atoms with Crippen LogP contribution in [-0.2, 0) is 0 Å². The van der Waals surface area contributed by atoms with Gasteiger partial charge in [0.2, 0.25) is 0 Å². The molecule has 7 heteroatoms. The Kier molecular flexibility index (Phi) is 6.29. The number of amides is 1. The van der Waals surface area contributed by atoms with E-state index in [2.05, 4.69) is 35.9 Å². The van der Waals surface area contributed by atoms with Gasteiger partial charge in [-0.25, -0.2) is 9.97 Å². The lowest BCUT2D eigenvalue weighted by Crippen LogP contribution is -2.42. The minimum atomic E-state index is -0.518. The number of aliphatic hydroxyl groups is 1. The summed E-state index contributed by atoms with van der Waals surface area (Å²) in [5, 5.41) is 11.3. The maximum Gasteiger partial charge on any atom is 0.257 e. The van der Waals surface area contributed by atoms with Crippen LogP contribution in [-0.4, -0.2) is 57.4 Å². The smallest absolute Gasteiger partial charge is 0.257 e. The van der Waals surface area contributed by atoms with Crippen LogP contribution in [0.3, 0.4) is 0 Å². The Labute approximate surface area is 182 Å². The topological polar surface area (TPSA) is 75.6 Å². The second kappa shape index (κ2) is 8.94. The van der Waals surface area contributed by atoms with Crippen molar-refractivity contribution in [3.8, 4) is 5.75 Å². The number of ether oxygens (including phenoxy) is 1. The fraction of sp³-hybridized carbons (Fsp3) is 0.522. The molecule has 1 saturated heterocycles. The number of carbonyl (C=O) groups is 1. The first-order valence-electron chi connectivity index (χ1n) is 10.5. The Hall–Kier alpha value is -2.12. The van der Waals surface area contributed by atoms with Crippen molar-refractivity contribution in [3.05, 3.63) is 47.8 Å². The van der Waals surface area contributed by atoms with Gasteiger partial charge in [-0.15, -0.1) is 0 Å². The van der Waals surface area contributed by atoms with Gasteiger partial charge in [0.25, 0.3) is 5.91 Å². The molecule has 4 atom stereocenters. The van der Waals surface area contributed by atoms with Crippen LogP contribution in [0.4, 0.5) is 0 Å². The Balaban J connectivity index is 1.38. The van der Waals surface area contributed by atoms with Crippen molar-refractivity contribution >= 4 is 17.7 Å². The first-order chi connectivity index (χ1) is 14.4. The van der Waals surface area contributed by atoms with Crippen molar-refractivity contribution in [2.24, 2.45) is 11.8 Å². The van der Waals surface area contributed by atoms with Crippen LogP contribution in [0.5, 0.6) is 5.75 Å². The van der Waals surface area contributed by atoms with Gasteiger partial charge in [-0.2, -0.15) is 0 Å². The van der Waals surface area contributed by atoms with E-state index in [0.29, 0.717) is 48.0 Å². The third-order valence-electron chi connectivity index (χ3n) is 6.26. The molecule has 0 unspecified atom stereocenters. The fourth-order valence-electron chi connectivity index (χ4n) is 4.50. The van der Waals surface area contributed by atoms with E-state index in [9.17, 15) is 9.90 Å². The van der Waals surface area contributed by atoms with Crippen LogP contribution in [0.15, 0.2) is 41.8 Å². The van der Waals surface area contributed by atoms with Gasteiger partial charge < -0.3 is 14.7 Å². The maximum absolute atomic E-state index is 12.9. The molecule has 1 saturated carbocycles. The Morgan fingerprint density at radius 3 is 2.37 bits per heavy atom. The Bertz CT molecular complexity index is 872. The molecule has 160 valence electrons. The molecule has 1 N–H and O–H groups in total. The van der Waals surface area contributed by atoms with Crippen molar-refractivity contribution in [2.75, 3.05) is 19.3 Å². The quantitative estimate of drug-likeness (QED) is 0.580. The van der Waals surface area contributed by atoms with E-state index in [1.807, 2.05) is 23.3 Å². The number of carbonyl (C=O) groups excluding carboxylic acids is 1. The molecule has 0 spiro atoms. The summed E-state index contributed by atoms with van der Waals surface area (Å²) < 4.78 is 6.14. The number of likely N-dealkylation sites (tertiary alicyclic amines) is 1. The van der Waals surface area contributed by atoms with E-state index in [4.69, 9.17) is 4.74 Å². The van der Waals surface area contributed by atoms with Crippen LogP contribution in [0.2, 0.25) is 0 Å². The van der Waals surface area contributed by atoms with E-state index in [-0.39, 0.29) is 12.0 Å². The first-order valence-corrected chi connectivity index (χ1v) is 11.8. The predicted molar refractivity (Wildman–Crippen MR) is 117 cm³/mol. The molecule has 30 heavy (non-hydrogen) atoms. The molecule has 2 aliphatic rings. The summed E-state index contributed by atoms with van der Waals surface area (Å²) >= 11 is 1.45. The number of hydrogen-bond donors (Lipinski definition) is 1. The van der Waals surface area contributed by atoms with E-state index in [0.717, 1.165) is 12.2 Å². The van der Waals surface area contributed by atoms with Crippen LogP contribution in [0.25, 0.3) is 0 Å². The van der Waals surface area contributed by atoms with Gasteiger partial charge in [0, 0.05) is 25.5 Å². The van der Waals surface area contributed by atoms with Gasteiger partial charge in [-0.1, -0.05) is 37.7 Å². The highest BCUT2D eigenvalue weighted by molar-refractivity contribution is 7.98. The predicted octanol–water partition coefficient (Wildman–Crippen LogP) is 3.61. The summed E-state index contributed by atoms with van der Waals surface area (Å²) in [6.45, 7) is 5.68. The number of benzene rings is 1. The normalized spacial score (nSPS) is 26.0. The average Bonchev–Trinajstić information content (AvgIpc) is 3.16. The van der Waals surface area contributed by atoms with Gasteiger partial charge in [-0.05, 0) is 54.5 Å². The number of thioether (sulfide) groups is 1. The van der Waals surface area contributed by atoms with E-state index in [1.54, 1.807) is 12.4 Å². The van der Waals surface area contributed by atoms with Crippen LogP contribution < -0.4 is 4.74 Å². The fourth-order valence-corrected chi connectivity index (χ4v) is 4.82. The molecular weight excluding hydrogens is 398 g/mol. The van der Waals surface area contributed by atoms with E-state index < -0.39 is 6.10 Å². The van der Waals surface area contributed by atoms with Crippen molar-refractivity contribution in [2.45, 2.75) is 50.0 Å². The number of rotatable bonds is 5. The summed E-state index contributed by atoms with van der Waals surface area (Å²) in [6.07, 6.45) is 5.76. The zero-order chi connectivity index (χ0) is 21.3. The van der Waals surface area contributed by atoms with E-state index >= 15 is 0 Å². The summed E-state index contributed by atoms with van der Waals surface area (Å²) in [4.78, 5) is 23.2. The van der Waals surface area contributed by atoms with Crippen LogP contribution in [0.1, 0.15) is 48.5 Å². The van der Waals surface area contributed by atoms with Gasteiger partial charge in [0.1, 0.15) is 11.9 Å². The molecule has 0 radical (unpaired) electrons. The molecule has 0 bridgehead atoms. The van der Waals surface area contributed by atoms with E-state index in [1.165, 1.54) is 17.3 Å².